The van der Waals surface area contributed by atoms with Gasteiger partial charge in [-0.15, -0.1) is 0 Å². The van der Waals surface area contributed by atoms with Crippen LogP contribution in [0.15, 0.2) is 65.1 Å². The molecule has 3 nitrogen and oxygen atoms in total. The Morgan fingerprint density at radius 2 is 1.73 bits per heavy atom. The van der Waals surface area contributed by atoms with Gasteiger partial charge >= 0.3 is 0 Å². The summed E-state index contributed by atoms with van der Waals surface area (Å²) < 4.78 is 26.1. The Morgan fingerprint density at radius 3 is 2.36 bits per heavy atom. The number of Topliss-reactive ketones (excluding diaryl/α,β-unsaturated/α-hetero) is 1. The van der Waals surface area contributed by atoms with Crippen LogP contribution in [0, 0.1) is 6.92 Å². The average Bonchev–Trinajstić information content (AvgIpc) is 2.51. The van der Waals surface area contributed by atoms with Crippen molar-refractivity contribution in [3.63, 3.8) is 0 Å². The SMILES string of the molecule is CC=C1C(=O)c2cc(C)ccc2S(=O)(=O)C1c1ccccc1. The van der Waals surface area contributed by atoms with Gasteiger partial charge in [0.15, 0.2) is 15.6 Å². The van der Waals surface area contributed by atoms with Crippen LogP contribution in [0.1, 0.15) is 33.7 Å². The van der Waals surface area contributed by atoms with Gasteiger partial charge in [0.25, 0.3) is 0 Å². The number of hydrogen-bond acceptors (Lipinski definition) is 3. The molecule has 0 radical (unpaired) electrons. The first-order chi connectivity index (χ1) is 10.5. The molecule has 4 heteroatoms. The summed E-state index contributed by atoms with van der Waals surface area (Å²) in [6.45, 7) is 3.55. The van der Waals surface area contributed by atoms with E-state index in [2.05, 4.69) is 0 Å². The van der Waals surface area contributed by atoms with E-state index in [0.29, 0.717) is 11.1 Å². The van der Waals surface area contributed by atoms with Crippen molar-refractivity contribution in [2.45, 2.75) is 24.0 Å². The number of aryl methyl sites for hydroxylation is 1. The number of sulfone groups is 1. The molecular formula is C18H16O3S. The molecule has 0 spiro atoms. The molecule has 1 atom stereocenters. The minimum atomic E-state index is -3.64. The molecule has 1 heterocycles. The highest BCUT2D eigenvalue weighted by atomic mass is 32.2. The Labute approximate surface area is 130 Å². The van der Waals surface area contributed by atoms with Gasteiger partial charge in [0.2, 0.25) is 0 Å². The van der Waals surface area contributed by atoms with Gasteiger partial charge < -0.3 is 0 Å². The second-order valence-corrected chi connectivity index (χ2v) is 7.41. The lowest BCUT2D eigenvalue weighted by Gasteiger charge is -2.27. The van der Waals surface area contributed by atoms with E-state index in [-0.39, 0.29) is 16.2 Å². The first kappa shape index (κ1) is 14.7. The zero-order valence-electron chi connectivity index (χ0n) is 12.4. The van der Waals surface area contributed by atoms with E-state index in [0.717, 1.165) is 5.56 Å². The van der Waals surface area contributed by atoms with Gasteiger partial charge in [-0.25, -0.2) is 8.42 Å². The van der Waals surface area contributed by atoms with Crippen LogP contribution in [0.2, 0.25) is 0 Å². The predicted molar refractivity (Wildman–Crippen MR) is 85.6 cm³/mol. The molecule has 112 valence electrons. The molecule has 0 fully saturated rings. The van der Waals surface area contributed by atoms with E-state index in [1.54, 1.807) is 55.5 Å². The van der Waals surface area contributed by atoms with E-state index < -0.39 is 15.1 Å². The van der Waals surface area contributed by atoms with Gasteiger partial charge in [-0.1, -0.05) is 48.0 Å². The minimum absolute atomic E-state index is 0.127. The molecule has 0 amide bonds. The fourth-order valence-corrected chi connectivity index (χ4v) is 4.97. The topological polar surface area (TPSA) is 51.2 Å². The third-order valence-electron chi connectivity index (χ3n) is 3.95. The summed E-state index contributed by atoms with van der Waals surface area (Å²) in [6, 6.07) is 13.8. The lowest BCUT2D eigenvalue weighted by molar-refractivity contribution is 0.102. The third kappa shape index (κ3) is 2.11. The first-order valence-corrected chi connectivity index (χ1v) is 8.62. The number of allylic oxidation sites excluding steroid dienone is 1. The molecule has 2 aromatic carbocycles. The molecule has 0 aromatic heterocycles. The van der Waals surface area contributed by atoms with Crippen molar-refractivity contribution < 1.29 is 13.2 Å². The molecule has 1 aliphatic heterocycles. The second-order valence-electron chi connectivity index (χ2n) is 5.41. The van der Waals surface area contributed by atoms with E-state index in [4.69, 9.17) is 0 Å². The lowest BCUT2D eigenvalue weighted by atomic mass is 9.94. The highest BCUT2D eigenvalue weighted by Crippen LogP contribution is 2.42. The normalized spacial score (nSPS) is 21.6. The number of rotatable bonds is 1. The maximum Gasteiger partial charge on any atom is 0.191 e. The van der Waals surface area contributed by atoms with Crippen molar-refractivity contribution in [2.24, 2.45) is 0 Å². The van der Waals surface area contributed by atoms with Crippen LogP contribution in [0.3, 0.4) is 0 Å². The summed E-state index contributed by atoms with van der Waals surface area (Å²) in [6.07, 6.45) is 1.61. The molecule has 0 saturated heterocycles. The van der Waals surface area contributed by atoms with Gasteiger partial charge in [0, 0.05) is 11.1 Å². The molecule has 0 bridgehead atoms. The summed E-state index contributed by atoms with van der Waals surface area (Å²) in [5.74, 6) is -0.204. The van der Waals surface area contributed by atoms with Crippen molar-refractivity contribution in [3.05, 3.63) is 76.9 Å². The second kappa shape index (κ2) is 5.21. The van der Waals surface area contributed by atoms with Crippen LogP contribution >= 0.6 is 0 Å². The minimum Gasteiger partial charge on any atom is -0.289 e. The van der Waals surface area contributed by atoms with Crippen molar-refractivity contribution in [1.82, 2.24) is 0 Å². The fraction of sp³-hybridized carbons (Fsp3) is 0.167. The molecule has 3 rings (SSSR count). The first-order valence-electron chi connectivity index (χ1n) is 7.07. The molecule has 0 saturated carbocycles. The van der Waals surface area contributed by atoms with Crippen LogP contribution in [0.4, 0.5) is 0 Å². The van der Waals surface area contributed by atoms with E-state index in [1.165, 1.54) is 0 Å². The van der Waals surface area contributed by atoms with Crippen molar-refractivity contribution in [3.8, 4) is 0 Å². The van der Waals surface area contributed by atoms with E-state index in [9.17, 15) is 13.2 Å². The highest BCUT2D eigenvalue weighted by molar-refractivity contribution is 7.92. The van der Waals surface area contributed by atoms with E-state index >= 15 is 0 Å². The number of benzene rings is 2. The molecule has 0 aliphatic carbocycles. The Bertz CT molecular complexity index is 878. The number of carbonyl (C=O) groups is 1. The average molecular weight is 312 g/mol. The molecule has 1 aliphatic rings. The molecule has 2 aromatic rings. The molecule has 0 N–H and O–H groups in total. The van der Waals surface area contributed by atoms with E-state index in [1.807, 2.05) is 13.0 Å². The zero-order chi connectivity index (χ0) is 15.9. The summed E-state index contributed by atoms with van der Waals surface area (Å²) in [5, 5.41) is -0.929. The quantitative estimate of drug-likeness (QED) is 0.755. The number of carbonyl (C=O) groups excluding carboxylic acids is 1. The summed E-state index contributed by atoms with van der Waals surface area (Å²) >= 11 is 0. The maximum absolute atomic E-state index is 13.0. The fourth-order valence-electron chi connectivity index (χ4n) is 2.91. The smallest absolute Gasteiger partial charge is 0.191 e. The van der Waals surface area contributed by atoms with Crippen molar-refractivity contribution in [2.75, 3.05) is 0 Å². The monoisotopic (exact) mass is 312 g/mol. The standard InChI is InChI=1S/C18H16O3S/c1-3-14-17(19)15-11-12(2)9-10-16(15)22(20,21)18(14)13-7-5-4-6-8-13/h3-11,18H,1-2H3. The lowest BCUT2D eigenvalue weighted by Crippen LogP contribution is -2.28. The van der Waals surface area contributed by atoms with Gasteiger partial charge in [-0.3, -0.25) is 4.79 Å². The number of ketones is 1. The number of fused-ring (bicyclic) bond motifs is 1. The van der Waals surface area contributed by atoms with Gasteiger partial charge in [-0.05, 0) is 31.5 Å². The van der Waals surface area contributed by atoms with Crippen LogP contribution in [0.5, 0.6) is 0 Å². The summed E-state index contributed by atoms with van der Waals surface area (Å²) in [7, 11) is -3.64. The highest BCUT2D eigenvalue weighted by Gasteiger charge is 2.42. The van der Waals surface area contributed by atoms with Gasteiger partial charge in [0.05, 0.1) is 4.90 Å². The number of hydrogen-bond donors (Lipinski definition) is 0. The van der Waals surface area contributed by atoms with Gasteiger partial charge in [-0.2, -0.15) is 0 Å². The Balaban J connectivity index is 2.33. The van der Waals surface area contributed by atoms with Crippen LogP contribution in [-0.2, 0) is 9.84 Å². The van der Waals surface area contributed by atoms with Crippen LogP contribution in [0.25, 0.3) is 0 Å². The largest absolute Gasteiger partial charge is 0.289 e. The van der Waals surface area contributed by atoms with Crippen LogP contribution in [-0.4, -0.2) is 14.2 Å². The van der Waals surface area contributed by atoms with Crippen molar-refractivity contribution >= 4 is 15.6 Å². The Hall–Kier alpha value is -2.20. The zero-order valence-corrected chi connectivity index (χ0v) is 13.2. The summed E-state index contributed by atoms with van der Waals surface area (Å²) in [5.41, 5.74) is 2.09. The van der Waals surface area contributed by atoms with Crippen LogP contribution < -0.4 is 0 Å². The maximum atomic E-state index is 13.0. The van der Waals surface area contributed by atoms with Gasteiger partial charge in [0.1, 0.15) is 5.25 Å². The summed E-state index contributed by atoms with van der Waals surface area (Å²) in [4.78, 5) is 12.9. The molecular weight excluding hydrogens is 296 g/mol. The molecule has 22 heavy (non-hydrogen) atoms. The third-order valence-corrected chi connectivity index (χ3v) is 6.07. The Kier molecular flexibility index (Phi) is 3.49. The van der Waals surface area contributed by atoms with Crippen molar-refractivity contribution in [1.29, 1.82) is 0 Å². The predicted octanol–water partition coefficient (Wildman–Crippen LogP) is 3.65. The Morgan fingerprint density at radius 1 is 1.05 bits per heavy atom. The molecule has 1 unspecified atom stereocenters.